The third-order valence-corrected chi connectivity index (χ3v) is 5.76. The van der Waals surface area contributed by atoms with Gasteiger partial charge in [0.1, 0.15) is 5.82 Å². The van der Waals surface area contributed by atoms with E-state index in [0.29, 0.717) is 43.6 Å². The van der Waals surface area contributed by atoms with E-state index in [0.717, 1.165) is 24.8 Å². The number of hydrogen-bond acceptors (Lipinski definition) is 9. The Kier molecular flexibility index (Phi) is 9.08. The molecule has 0 bridgehead atoms. The lowest BCUT2D eigenvalue weighted by molar-refractivity contribution is 0.597. The molecule has 12 heteroatoms. The van der Waals surface area contributed by atoms with E-state index in [1.165, 1.54) is 24.3 Å². The fraction of sp³-hybridized carbons (Fsp3) is 0.318. The van der Waals surface area contributed by atoms with E-state index < -0.39 is 10.0 Å². The van der Waals surface area contributed by atoms with Crippen LogP contribution in [0.15, 0.2) is 53.4 Å². The number of nitrogens with two attached hydrogens (primary N) is 2. The molecular weight excluding hydrogens is 459 g/mol. The van der Waals surface area contributed by atoms with Crippen LogP contribution in [0.1, 0.15) is 24.8 Å². The Bertz CT molecular complexity index is 1180. The molecule has 0 spiro atoms. The van der Waals surface area contributed by atoms with Crippen molar-refractivity contribution in [1.82, 2.24) is 15.0 Å². The van der Waals surface area contributed by atoms with Crippen LogP contribution in [0.4, 0.5) is 27.9 Å². The third-order valence-electron chi connectivity index (χ3n) is 4.83. The first-order valence-electron chi connectivity index (χ1n) is 10.9. The number of aromatic nitrogens is 3. The zero-order chi connectivity index (χ0) is 24.4. The Morgan fingerprint density at radius 3 is 2.18 bits per heavy atom. The molecule has 0 saturated heterocycles. The Hall–Kier alpha value is -3.35. The number of halogens is 1. The van der Waals surface area contributed by atoms with Gasteiger partial charge in [0, 0.05) is 18.8 Å². The first-order valence-corrected chi connectivity index (χ1v) is 12.5. The minimum absolute atomic E-state index is 0.0666. The largest absolute Gasteiger partial charge is 0.354 e. The fourth-order valence-corrected chi connectivity index (χ4v) is 3.61. The molecule has 0 amide bonds. The molecule has 0 aliphatic carbocycles. The predicted molar refractivity (Wildman–Crippen MR) is 131 cm³/mol. The molecular formula is C22H29FN8O2S. The van der Waals surface area contributed by atoms with E-state index >= 15 is 0 Å². The normalized spacial score (nSPS) is 11.3. The molecule has 0 saturated carbocycles. The van der Waals surface area contributed by atoms with Crippen molar-refractivity contribution in [3.63, 3.8) is 0 Å². The number of hydrogen-bond donors (Lipinski definition) is 5. The second-order valence-corrected chi connectivity index (χ2v) is 9.14. The van der Waals surface area contributed by atoms with Gasteiger partial charge in [0.2, 0.25) is 27.9 Å². The third kappa shape index (κ3) is 8.21. The maximum atomic E-state index is 13.5. The summed E-state index contributed by atoms with van der Waals surface area (Å²) >= 11 is 0. The van der Waals surface area contributed by atoms with E-state index in [9.17, 15) is 12.8 Å². The molecule has 0 fully saturated rings. The highest BCUT2D eigenvalue weighted by Crippen LogP contribution is 2.17. The molecule has 10 nitrogen and oxygen atoms in total. The van der Waals surface area contributed by atoms with E-state index in [1.807, 2.05) is 0 Å². The highest BCUT2D eigenvalue weighted by molar-refractivity contribution is 7.89. The summed E-state index contributed by atoms with van der Waals surface area (Å²) in [5, 5.41) is 14.5. The molecule has 182 valence electrons. The Labute approximate surface area is 198 Å². The SMILES string of the molecule is NCCCCCNc1nc(NCCc2ccc(S(N)(=O)=O)cc2)nc(Nc2cccc(F)c2)n1. The molecule has 34 heavy (non-hydrogen) atoms. The number of anilines is 4. The summed E-state index contributed by atoms with van der Waals surface area (Å²) in [6.45, 7) is 1.83. The number of sulfonamides is 1. The maximum absolute atomic E-state index is 13.5. The van der Waals surface area contributed by atoms with Gasteiger partial charge in [-0.1, -0.05) is 24.6 Å². The number of nitrogens with one attached hydrogen (secondary N) is 3. The lowest BCUT2D eigenvalue weighted by Crippen LogP contribution is -2.14. The van der Waals surface area contributed by atoms with Crippen LogP contribution in [0.3, 0.4) is 0 Å². The average molecular weight is 489 g/mol. The standard InChI is InChI=1S/C22H29FN8O2S/c23-17-5-4-6-18(15-17)28-22-30-20(26-13-3-1-2-12-24)29-21(31-22)27-14-11-16-7-9-19(10-8-16)34(25,32)33/h4-10,15H,1-3,11-14,24H2,(H2,25,32,33)(H3,26,27,28,29,30,31). The van der Waals surface area contributed by atoms with Gasteiger partial charge in [-0.05, 0) is 61.7 Å². The van der Waals surface area contributed by atoms with E-state index in [2.05, 4.69) is 30.9 Å². The molecule has 7 N–H and O–H groups in total. The summed E-state index contributed by atoms with van der Waals surface area (Å²) in [6.07, 6.45) is 3.48. The first-order chi connectivity index (χ1) is 16.3. The van der Waals surface area contributed by atoms with Crippen molar-refractivity contribution >= 4 is 33.6 Å². The van der Waals surface area contributed by atoms with E-state index in [1.54, 1.807) is 24.3 Å². The van der Waals surface area contributed by atoms with Crippen molar-refractivity contribution in [1.29, 1.82) is 0 Å². The Morgan fingerprint density at radius 2 is 1.53 bits per heavy atom. The Morgan fingerprint density at radius 1 is 0.853 bits per heavy atom. The van der Waals surface area contributed by atoms with Crippen molar-refractivity contribution in [3.8, 4) is 0 Å². The zero-order valence-corrected chi connectivity index (χ0v) is 19.5. The van der Waals surface area contributed by atoms with Crippen molar-refractivity contribution in [2.24, 2.45) is 10.9 Å². The lowest BCUT2D eigenvalue weighted by atomic mass is 10.1. The average Bonchev–Trinajstić information content (AvgIpc) is 2.79. The van der Waals surface area contributed by atoms with Gasteiger partial charge in [0.05, 0.1) is 4.90 Å². The second-order valence-electron chi connectivity index (χ2n) is 7.58. The number of benzene rings is 2. The summed E-state index contributed by atoms with van der Waals surface area (Å²) < 4.78 is 36.3. The smallest absolute Gasteiger partial charge is 0.238 e. The predicted octanol–water partition coefficient (Wildman–Crippen LogP) is 2.60. The molecule has 0 aliphatic heterocycles. The number of unbranched alkanes of at least 4 members (excludes halogenated alkanes) is 2. The maximum Gasteiger partial charge on any atom is 0.238 e. The zero-order valence-electron chi connectivity index (χ0n) is 18.7. The topological polar surface area (TPSA) is 161 Å². The van der Waals surface area contributed by atoms with Crippen LogP contribution in [0.25, 0.3) is 0 Å². The quantitative estimate of drug-likeness (QED) is 0.228. The van der Waals surface area contributed by atoms with Crippen molar-refractivity contribution < 1.29 is 12.8 Å². The highest BCUT2D eigenvalue weighted by Gasteiger charge is 2.09. The summed E-state index contributed by atoms with van der Waals surface area (Å²) in [5.74, 6) is 0.635. The van der Waals surface area contributed by atoms with Gasteiger partial charge < -0.3 is 21.7 Å². The lowest BCUT2D eigenvalue weighted by Gasteiger charge is -2.12. The van der Waals surface area contributed by atoms with Crippen LogP contribution >= 0.6 is 0 Å². The Balaban J connectivity index is 1.66. The molecule has 0 unspecified atom stereocenters. The number of nitrogens with zero attached hydrogens (tertiary/aromatic N) is 3. The van der Waals surface area contributed by atoms with Crippen molar-refractivity contribution in [2.75, 3.05) is 35.6 Å². The van der Waals surface area contributed by atoms with Crippen LogP contribution < -0.4 is 26.8 Å². The molecule has 2 aromatic carbocycles. The minimum Gasteiger partial charge on any atom is -0.354 e. The summed E-state index contributed by atoms with van der Waals surface area (Å²) in [5.41, 5.74) is 6.97. The second kappa shape index (κ2) is 12.2. The van der Waals surface area contributed by atoms with Gasteiger partial charge in [0.15, 0.2) is 0 Å². The summed E-state index contributed by atoms with van der Waals surface area (Å²) in [6, 6.07) is 12.4. The van der Waals surface area contributed by atoms with Crippen LogP contribution in [0.5, 0.6) is 0 Å². The van der Waals surface area contributed by atoms with Gasteiger partial charge in [0.25, 0.3) is 0 Å². The van der Waals surface area contributed by atoms with E-state index in [4.69, 9.17) is 10.9 Å². The van der Waals surface area contributed by atoms with Gasteiger partial charge in [-0.25, -0.2) is 17.9 Å². The van der Waals surface area contributed by atoms with E-state index in [-0.39, 0.29) is 16.7 Å². The van der Waals surface area contributed by atoms with Gasteiger partial charge >= 0.3 is 0 Å². The van der Waals surface area contributed by atoms with Gasteiger partial charge in [-0.3, -0.25) is 0 Å². The van der Waals surface area contributed by atoms with Crippen LogP contribution in [-0.2, 0) is 16.4 Å². The molecule has 3 rings (SSSR count). The first kappa shape index (κ1) is 25.3. The molecule has 0 radical (unpaired) electrons. The van der Waals surface area contributed by atoms with Gasteiger partial charge in [-0.2, -0.15) is 15.0 Å². The molecule has 3 aromatic rings. The van der Waals surface area contributed by atoms with Crippen LogP contribution in [0, 0.1) is 5.82 Å². The highest BCUT2D eigenvalue weighted by atomic mass is 32.2. The van der Waals surface area contributed by atoms with Crippen molar-refractivity contribution in [2.45, 2.75) is 30.6 Å². The summed E-state index contributed by atoms with van der Waals surface area (Å²) in [7, 11) is -3.72. The van der Waals surface area contributed by atoms with Crippen LogP contribution in [-0.4, -0.2) is 43.0 Å². The minimum atomic E-state index is -3.72. The number of rotatable bonds is 13. The molecule has 0 aliphatic rings. The van der Waals surface area contributed by atoms with Crippen LogP contribution in [0.2, 0.25) is 0 Å². The van der Waals surface area contributed by atoms with Gasteiger partial charge in [-0.15, -0.1) is 0 Å². The summed E-state index contributed by atoms with van der Waals surface area (Å²) in [4.78, 5) is 13.2. The fourth-order valence-electron chi connectivity index (χ4n) is 3.10. The monoisotopic (exact) mass is 488 g/mol. The molecule has 1 heterocycles. The molecule has 0 atom stereocenters. The molecule has 1 aromatic heterocycles. The van der Waals surface area contributed by atoms with Crippen molar-refractivity contribution in [3.05, 3.63) is 59.9 Å². The number of primary sulfonamides is 1.